The summed E-state index contributed by atoms with van der Waals surface area (Å²) in [7, 11) is -1.80. The zero-order valence-electron chi connectivity index (χ0n) is 21.6. The number of carbonyl (C=O) groups is 2. The fourth-order valence-electron chi connectivity index (χ4n) is 4.33. The molecule has 0 bridgehead atoms. The van der Waals surface area contributed by atoms with E-state index >= 15 is 0 Å². The lowest BCUT2D eigenvalue weighted by atomic mass is 9.81. The molecular formula is C28H22Cl2N4O6S. The predicted molar refractivity (Wildman–Crippen MR) is 153 cm³/mol. The van der Waals surface area contributed by atoms with E-state index in [0.29, 0.717) is 5.56 Å². The molecule has 3 aromatic rings. The molecule has 0 saturated heterocycles. The fourth-order valence-corrected chi connectivity index (χ4v) is 5.68. The molecule has 3 aromatic carbocycles. The molecule has 0 amide bonds. The second kappa shape index (κ2) is 11.9. The van der Waals surface area contributed by atoms with Crippen molar-refractivity contribution in [3.05, 3.63) is 111 Å². The number of carbonyl (C=O) groups excluding carboxylic acids is 2. The number of hydrogen-bond donors (Lipinski definition) is 2. The number of nitrogens with zero attached hydrogens (tertiary/aromatic N) is 2. The van der Waals surface area contributed by atoms with Gasteiger partial charge in [-0.25, -0.2) is 18.0 Å². The molecule has 1 aliphatic heterocycles. The van der Waals surface area contributed by atoms with Crippen LogP contribution >= 0.6 is 23.2 Å². The predicted octanol–water partition coefficient (Wildman–Crippen LogP) is 4.69. The number of hydrogen-bond acceptors (Lipinski definition) is 9. The Morgan fingerprint density at radius 1 is 0.951 bits per heavy atom. The van der Waals surface area contributed by atoms with Crippen molar-refractivity contribution in [3.63, 3.8) is 0 Å². The van der Waals surface area contributed by atoms with E-state index in [1.807, 2.05) is 0 Å². The van der Waals surface area contributed by atoms with Crippen LogP contribution in [-0.2, 0) is 29.1 Å². The molecule has 0 spiro atoms. The van der Waals surface area contributed by atoms with E-state index in [1.165, 1.54) is 47.4 Å². The van der Waals surface area contributed by atoms with Gasteiger partial charge in [-0.1, -0.05) is 53.5 Å². The third-order valence-corrected chi connectivity index (χ3v) is 8.32. The highest BCUT2D eigenvalue weighted by molar-refractivity contribution is 7.92. The molecule has 0 radical (unpaired) electrons. The summed E-state index contributed by atoms with van der Waals surface area (Å²) < 4.78 is 38.5. The smallest absolute Gasteiger partial charge is 0.355 e. The van der Waals surface area contributed by atoms with Crippen molar-refractivity contribution in [1.82, 2.24) is 0 Å². The Morgan fingerprint density at radius 3 is 2.15 bits per heavy atom. The Labute approximate surface area is 246 Å². The number of esters is 2. The fraction of sp³-hybridized carbons (Fsp3) is 0.107. The van der Waals surface area contributed by atoms with Gasteiger partial charge >= 0.3 is 11.9 Å². The lowest BCUT2D eigenvalue weighted by molar-refractivity contribution is -0.139. The molecule has 3 N–H and O–H groups in total. The van der Waals surface area contributed by atoms with E-state index in [1.54, 1.807) is 30.3 Å². The number of ether oxygens (including phenoxy) is 2. The topological polar surface area (TPSA) is 152 Å². The van der Waals surface area contributed by atoms with E-state index in [0.717, 1.165) is 14.2 Å². The van der Waals surface area contributed by atoms with Gasteiger partial charge in [0.15, 0.2) is 0 Å². The van der Waals surface area contributed by atoms with Crippen LogP contribution in [0.2, 0.25) is 10.0 Å². The third-order valence-electron chi connectivity index (χ3n) is 6.19. The molecule has 1 heterocycles. The van der Waals surface area contributed by atoms with Gasteiger partial charge in [0.1, 0.15) is 11.5 Å². The van der Waals surface area contributed by atoms with Gasteiger partial charge in [-0.15, -0.1) is 0 Å². The van der Waals surface area contributed by atoms with Crippen LogP contribution in [0.15, 0.2) is 100 Å². The van der Waals surface area contributed by atoms with E-state index in [4.69, 9.17) is 38.4 Å². The molecule has 1 aliphatic rings. The largest absolute Gasteiger partial charge is 0.466 e. The summed E-state index contributed by atoms with van der Waals surface area (Å²) >= 11 is 11.9. The van der Waals surface area contributed by atoms with Crippen LogP contribution in [0.5, 0.6) is 0 Å². The van der Waals surface area contributed by atoms with Crippen LogP contribution in [0.4, 0.5) is 11.4 Å². The number of anilines is 2. The number of rotatable bonds is 7. The SMILES string of the molecule is COC(=O)C1=C(C(=O)OC)N(c2ccc(S(=O)(=O)Nc3ccc(Cl)c(Cl)c3)cc2)C(N)=C(C#N)C1c1ccccc1. The second-order valence-electron chi connectivity index (χ2n) is 8.56. The molecule has 41 heavy (non-hydrogen) atoms. The average molecular weight is 613 g/mol. The van der Waals surface area contributed by atoms with Crippen LogP contribution in [0.1, 0.15) is 11.5 Å². The first-order valence-electron chi connectivity index (χ1n) is 11.8. The molecule has 0 fully saturated rings. The number of methoxy groups -OCH3 is 2. The Morgan fingerprint density at radius 2 is 1.59 bits per heavy atom. The van der Waals surface area contributed by atoms with Gasteiger partial charge in [0.2, 0.25) is 0 Å². The maximum absolute atomic E-state index is 13.2. The first kappa shape index (κ1) is 29.5. The molecule has 0 saturated carbocycles. The summed E-state index contributed by atoms with van der Waals surface area (Å²) in [5.41, 5.74) is 6.87. The number of nitrogens with two attached hydrogens (primary N) is 1. The van der Waals surface area contributed by atoms with E-state index in [-0.39, 0.29) is 49.0 Å². The summed E-state index contributed by atoms with van der Waals surface area (Å²) in [6.45, 7) is 0. The molecule has 0 aromatic heterocycles. The van der Waals surface area contributed by atoms with Gasteiger partial charge < -0.3 is 15.2 Å². The lowest BCUT2D eigenvalue weighted by Gasteiger charge is -2.35. The van der Waals surface area contributed by atoms with Crippen molar-refractivity contribution in [2.45, 2.75) is 10.8 Å². The highest BCUT2D eigenvalue weighted by Gasteiger charge is 2.43. The standard InChI is InChI=1S/C28H22Cl2N4O6S/c1-39-27(35)24-23(16-6-4-3-5-7-16)20(15-31)26(32)34(25(24)28(36)40-2)18-9-11-19(12-10-18)41(37,38)33-17-8-13-21(29)22(30)14-17/h3-14,23,33H,32H2,1-2H3. The van der Waals surface area contributed by atoms with Gasteiger partial charge in [0.25, 0.3) is 10.0 Å². The van der Waals surface area contributed by atoms with E-state index < -0.39 is 27.9 Å². The molecule has 0 aliphatic carbocycles. The average Bonchev–Trinajstić information content (AvgIpc) is 2.97. The van der Waals surface area contributed by atoms with Crippen molar-refractivity contribution >= 4 is 56.5 Å². The zero-order chi connectivity index (χ0) is 29.9. The van der Waals surface area contributed by atoms with Gasteiger partial charge in [-0.3, -0.25) is 9.62 Å². The number of allylic oxidation sites excluding steroid dienone is 1. The Hall–Kier alpha value is -4.50. The van der Waals surface area contributed by atoms with Gasteiger partial charge in [0, 0.05) is 5.69 Å². The monoisotopic (exact) mass is 612 g/mol. The number of benzene rings is 3. The van der Waals surface area contributed by atoms with E-state index in [9.17, 15) is 23.3 Å². The minimum absolute atomic E-state index is 0.0257. The summed E-state index contributed by atoms with van der Waals surface area (Å²) in [5, 5.41) is 10.6. The number of halogens is 2. The first-order valence-corrected chi connectivity index (χ1v) is 14.0. The molecule has 4 rings (SSSR count). The lowest BCUT2D eigenvalue weighted by Crippen LogP contribution is -2.40. The minimum atomic E-state index is -4.07. The third kappa shape index (κ3) is 5.71. The Kier molecular flexibility index (Phi) is 8.58. The van der Waals surface area contributed by atoms with Gasteiger partial charge in [-0.05, 0) is 48.0 Å². The van der Waals surface area contributed by atoms with Crippen molar-refractivity contribution in [2.75, 3.05) is 23.8 Å². The normalized spacial score (nSPS) is 15.3. The zero-order valence-corrected chi connectivity index (χ0v) is 23.9. The first-order chi connectivity index (χ1) is 19.5. The highest BCUT2D eigenvalue weighted by atomic mass is 35.5. The number of nitrogens with one attached hydrogen (secondary N) is 1. The van der Waals surface area contributed by atoms with Crippen LogP contribution in [-0.4, -0.2) is 34.6 Å². The molecule has 1 atom stereocenters. The van der Waals surface area contributed by atoms with Crippen LogP contribution in [0.25, 0.3) is 0 Å². The maximum Gasteiger partial charge on any atom is 0.355 e. The maximum atomic E-state index is 13.2. The van der Waals surface area contributed by atoms with Crippen molar-refractivity contribution in [2.24, 2.45) is 5.73 Å². The molecule has 10 nitrogen and oxygen atoms in total. The quantitative estimate of drug-likeness (QED) is 0.362. The van der Waals surface area contributed by atoms with Gasteiger partial charge in [-0.2, -0.15) is 5.26 Å². The van der Waals surface area contributed by atoms with Crippen molar-refractivity contribution in [1.29, 1.82) is 5.26 Å². The minimum Gasteiger partial charge on any atom is -0.466 e. The van der Waals surface area contributed by atoms with Crippen LogP contribution < -0.4 is 15.4 Å². The summed E-state index contributed by atoms with van der Waals surface area (Å²) in [6.07, 6.45) is 0. The van der Waals surface area contributed by atoms with E-state index in [2.05, 4.69) is 10.8 Å². The Bertz CT molecular complexity index is 1730. The Balaban J connectivity index is 1.85. The number of nitriles is 1. The second-order valence-corrected chi connectivity index (χ2v) is 11.1. The van der Waals surface area contributed by atoms with Crippen LogP contribution in [0, 0.1) is 11.3 Å². The summed E-state index contributed by atoms with van der Waals surface area (Å²) in [5.74, 6) is -2.99. The molecule has 210 valence electrons. The van der Waals surface area contributed by atoms with Crippen molar-refractivity contribution in [3.8, 4) is 6.07 Å². The highest BCUT2D eigenvalue weighted by Crippen LogP contribution is 2.43. The van der Waals surface area contributed by atoms with Crippen molar-refractivity contribution < 1.29 is 27.5 Å². The van der Waals surface area contributed by atoms with Gasteiger partial charge in [0.05, 0.1) is 58.0 Å². The van der Waals surface area contributed by atoms with Crippen LogP contribution in [0.3, 0.4) is 0 Å². The summed E-state index contributed by atoms with van der Waals surface area (Å²) in [4.78, 5) is 27.3. The molecule has 1 unspecified atom stereocenters. The molecular weight excluding hydrogens is 591 g/mol. The summed E-state index contributed by atoms with van der Waals surface area (Å²) in [6, 6.07) is 20.1. The molecule has 13 heteroatoms. The number of sulfonamides is 1.